The summed E-state index contributed by atoms with van der Waals surface area (Å²) < 4.78 is 16.1. The average molecular weight is 496 g/mol. The molecule has 0 atom stereocenters. The van der Waals surface area contributed by atoms with Crippen LogP contribution < -0.4 is 19.7 Å². The van der Waals surface area contributed by atoms with Crippen molar-refractivity contribution in [2.45, 2.75) is 52.1 Å². The number of carbonyl (C=O) groups excluding carboxylic acids is 2. The number of hydrogen-bond acceptors (Lipinski definition) is 6. The summed E-state index contributed by atoms with van der Waals surface area (Å²) in [4.78, 5) is 29.2. The van der Waals surface area contributed by atoms with E-state index < -0.39 is 5.97 Å². The summed E-state index contributed by atoms with van der Waals surface area (Å²) in [6.45, 7) is 10.2. The van der Waals surface area contributed by atoms with Gasteiger partial charge in [-0.2, -0.15) is 0 Å². The third-order valence-corrected chi connectivity index (χ3v) is 7.37. The number of hydrogen-bond donors (Lipinski definition) is 1. The highest BCUT2D eigenvalue weighted by molar-refractivity contribution is 5.97. The van der Waals surface area contributed by atoms with Gasteiger partial charge >= 0.3 is 12.0 Å². The van der Waals surface area contributed by atoms with E-state index in [-0.39, 0.29) is 11.6 Å². The van der Waals surface area contributed by atoms with Gasteiger partial charge < -0.3 is 19.5 Å². The van der Waals surface area contributed by atoms with Crippen molar-refractivity contribution >= 4 is 17.7 Å². The molecule has 2 saturated heterocycles. The summed E-state index contributed by atoms with van der Waals surface area (Å²) in [5.41, 5.74) is 4.63. The summed E-state index contributed by atoms with van der Waals surface area (Å²) >= 11 is 0. The Bertz CT molecular complexity index is 1120. The Kier molecular flexibility index (Phi) is 7.73. The molecule has 2 amide bonds. The lowest BCUT2D eigenvalue weighted by Gasteiger charge is -2.39. The summed E-state index contributed by atoms with van der Waals surface area (Å²) in [6, 6.07) is 9.46. The molecule has 2 aliphatic rings. The molecule has 4 rings (SSSR count). The minimum atomic E-state index is -0.471. The molecule has 36 heavy (non-hydrogen) atoms. The Hall–Kier alpha value is -3.26. The average Bonchev–Trinajstić information content (AvgIpc) is 3.21. The van der Waals surface area contributed by atoms with Gasteiger partial charge in [0.1, 0.15) is 17.1 Å². The van der Waals surface area contributed by atoms with Gasteiger partial charge in [-0.3, -0.25) is 9.80 Å². The molecule has 2 fully saturated rings. The van der Waals surface area contributed by atoms with Crippen LogP contribution in [0.2, 0.25) is 0 Å². The van der Waals surface area contributed by atoms with Crippen LogP contribution >= 0.6 is 0 Å². The van der Waals surface area contributed by atoms with E-state index in [2.05, 4.69) is 36.2 Å². The molecule has 0 saturated carbocycles. The molecule has 0 aromatic heterocycles. The Morgan fingerprint density at radius 1 is 1.06 bits per heavy atom. The number of ether oxygens (including phenoxy) is 3. The number of nitrogens with zero attached hydrogens (tertiary/aromatic N) is 2. The Morgan fingerprint density at radius 2 is 1.81 bits per heavy atom. The lowest BCUT2D eigenvalue weighted by molar-refractivity contribution is 0.0597. The molecule has 1 spiro atoms. The second-order valence-electron chi connectivity index (χ2n) is 9.62. The molecule has 194 valence electrons. The molecule has 0 radical (unpaired) electrons. The number of benzene rings is 2. The first kappa shape index (κ1) is 25.8. The molecular weight excluding hydrogens is 458 g/mol. The van der Waals surface area contributed by atoms with Crippen LogP contribution in [0.1, 0.15) is 53.7 Å². The van der Waals surface area contributed by atoms with E-state index in [1.54, 1.807) is 23.1 Å². The molecule has 1 N–H and O–H groups in total. The maximum atomic E-state index is 13.0. The zero-order valence-corrected chi connectivity index (χ0v) is 22.0. The normalized spacial score (nSPS) is 17.2. The monoisotopic (exact) mass is 495 g/mol. The summed E-state index contributed by atoms with van der Waals surface area (Å²) in [6.07, 6.45) is 2.74. The van der Waals surface area contributed by atoms with Crippen LogP contribution in [0.3, 0.4) is 0 Å². The van der Waals surface area contributed by atoms with Gasteiger partial charge in [0, 0.05) is 31.4 Å². The first-order valence-electron chi connectivity index (χ1n) is 12.7. The largest absolute Gasteiger partial charge is 0.496 e. The molecular formula is C28H37N3O5. The molecule has 2 aliphatic heterocycles. The first-order valence-corrected chi connectivity index (χ1v) is 12.7. The van der Waals surface area contributed by atoms with E-state index in [1.165, 1.54) is 30.9 Å². The van der Waals surface area contributed by atoms with Crippen molar-refractivity contribution in [3.63, 3.8) is 0 Å². The van der Waals surface area contributed by atoms with E-state index in [1.807, 2.05) is 6.92 Å². The highest BCUT2D eigenvalue weighted by Crippen LogP contribution is 2.34. The quantitative estimate of drug-likeness (QED) is 0.550. The predicted octanol–water partition coefficient (Wildman–Crippen LogP) is 4.32. The zero-order chi connectivity index (χ0) is 25.9. The van der Waals surface area contributed by atoms with Gasteiger partial charge in [-0.1, -0.05) is 13.0 Å². The van der Waals surface area contributed by atoms with Gasteiger partial charge in [0.15, 0.2) is 0 Å². The van der Waals surface area contributed by atoms with Crippen molar-refractivity contribution in [3.05, 3.63) is 52.6 Å². The maximum absolute atomic E-state index is 13.0. The molecule has 0 aliphatic carbocycles. The van der Waals surface area contributed by atoms with Gasteiger partial charge in [-0.25, -0.2) is 9.59 Å². The summed E-state index contributed by atoms with van der Waals surface area (Å²) in [5, 5.41) is 3.25. The highest BCUT2D eigenvalue weighted by Gasteiger charge is 2.45. The fraction of sp³-hybridized carbons (Fsp3) is 0.500. The Morgan fingerprint density at radius 3 is 2.44 bits per heavy atom. The number of aryl methyl sites for hydroxylation is 2. The van der Waals surface area contributed by atoms with Gasteiger partial charge in [0.25, 0.3) is 0 Å². The third kappa shape index (κ3) is 5.14. The fourth-order valence-corrected chi connectivity index (χ4v) is 5.28. The number of nitrogens with one attached hydrogen (secondary N) is 1. The molecule has 2 aromatic carbocycles. The number of anilines is 1. The van der Waals surface area contributed by atoms with Crippen molar-refractivity contribution in [1.82, 2.24) is 10.2 Å². The molecule has 2 aromatic rings. The van der Waals surface area contributed by atoms with Crippen molar-refractivity contribution in [3.8, 4) is 11.5 Å². The topological polar surface area (TPSA) is 80.3 Å². The molecule has 8 heteroatoms. The number of esters is 1. The fourth-order valence-electron chi connectivity index (χ4n) is 5.28. The van der Waals surface area contributed by atoms with E-state index >= 15 is 0 Å². The Labute approximate surface area is 213 Å². The van der Waals surface area contributed by atoms with E-state index in [4.69, 9.17) is 14.2 Å². The van der Waals surface area contributed by atoms with Crippen molar-refractivity contribution in [2.24, 2.45) is 0 Å². The number of carbonyl (C=O) groups is 2. The number of methoxy groups -OCH3 is 2. The molecule has 0 unspecified atom stereocenters. The van der Waals surface area contributed by atoms with E-state index in [0.717, 1.165) is 44.6 Å². The lowest BCUT2D eigenvalue weighted by atomic mass is 9.88. The minimum Gasteiger partial charge on any atom is -0.496 e. The standard InChI is InChI=1S/C28H37N3O5/c1-6-20-14-19(3)24(36-7-2)15-21(20)17-30-12-10-28(11-13-30)18-31(27(33)29-28)22-8-9-23(26(32)35-5)25(16-22)34-4/h8-9,14-16H,6-7,10-13,17-18H2,1-5H3,(H,29,33). The minimum absolute atomic E-state index is 0.121. The molecule has 0 bridgehead atoms. The van der Waals surface area contributed by atoms with Crippen LogP contribution in [0.5, 0.6) is 11.5 Å². The predicted molar refractivity (Wildman–Crippen MR) is 139 cm³/mol. The summed E-state index contributed by atoms with van der Waals surface area (Å²) in [7, 11) is 2.83. The van der Waals surface area contributed by atoms with Gasteiger partial charge in [0.2, 0.25) is 0 Å². The number of amides is 2. The number of piperidine rings is 1. The zero-order valence-electron chi connectivity index (χ0n) is 22.0. The van der Waals surface area contributed by atoms with Crippen LogP contribution in [0.4, 0.5) is 10.5 Å². The first-order chi connectivity index (χ1) is 17.3. The second-order valence-corrected chi connectivity index (χ2v) is 9.62. The Balaban J connectivity index is 1.44. The second kappa shape index (κ2) is 10.8. The lowest BCUT2D eigenvalue weighted by Crippen LogP contribution is -2.52. The highest BCUT2D eigenvalue weighted by atomic mass is 16.5. The van der Waals surface area contributed by atoms with Crippen LogP contribution in [0.25, 0.3) is 0 Å². The van der Waals surface area contributed by atoms with Crippen molar-refractivity contribution in [2.75, 3.05) is 45.4 Å². The number of rotatable bonds is 8. The van der Waals surface area contributed by atoms with Crippen molar-refractivity contribution < 1.29 is 23.8 Å². The van der Waals surface area contributed by atoms with E-state index in [9.17, 15) is 9.59 Å². The van der Waals surface area contributed by atoms with Crippen LogP contribution in [0, 0.1) is 6.92 Å². The van der Waals surface area contributed by atoms with Crippen LogP contribution in [0.15, 0.2) is 30.3 Å². The SMILES string of the molecule is CCOc1cc(CN2CCC3(CC2)CN(c2ccc(C(=O)OC)c(OC)c2)C(=O)N3)c(CC)cc1C. The van der Waals surface area contributed by atoms with Crippen LogP contribution in [-0.2, 0) is 17.7 Å². The molecule has 8 nitrogen and oxygen atoms in total. The van der Waals surface area contributed by atoms with Gasteiger partial charge in [0.05, 0.1) is 32.9 Å². The number of urea groups is 1. The van der Waals surface area contributed by atoms with Crippen molar-refractivity contribution in [1.29, 1.82) is 0 Å². The maximum Gasteiger partial charge on any atom is 0.341 e. The molecule has 2 heterocycles. The van der Waals surface area contributed by atoms with Gasteiger partial charge in [-0.15, -0.1) is 0 Å². The van der Waals surface area contributed by atoms with E-state index in [0.29, 0.717) is 30.2 Å². The number of likely N-dealkylation sites (tertiary alicyclic amines) is 1. The van der Waals surface area contributed by atoms with Crippen LogP contribution in [-0.4, -0.2) is 62.9 Å². The third-order valence-electron chi connectivity index (χ3n) is 7.37. The summed E-state index contributed by atoms with van der Waals surface area (Å²) in [5.74, 6) is 0.881. The van der Waals surface area contributed by atoms with Gasteiger partial charge in [-0.05, 0) is 68.0 Å². The smallest absolute Gasteiger partial charge is 0.341 e.